The summed E-state index contributed by atoms with van der Waals surface area (Å²) in [6.07, 6.45) is 0. The molecule has 0 aliphatic carbocycles. The van der Waals surface area contributed by atoms with Gasteiger partial charge in [0.15, 0.2) is 0 Å². The molecule has 0 spiro atoms. The van der Waals surface area contributed by atoms with Crippen molar-refractivity contribution in [1.82, 2.24) is 3.97 Å². The van der Waals surface area contributed by atoms with E-state index in [9.17, 15) is 13.2 Å². The lowest BCUT2D eigenvalue weighted by Crippen LogP contribution is -2.19. The summed E-state index contributed by atoms with van der Waals surface area (Å²) in [5.41, 5.74) is 1.40. The maximum atomic E-state index is 13.0. The Bertz CT molecular complexity index is 988. The summed E-state index contributed by atoms with van der Waals surface area (Å²) in [4.78, 5) is 12.2. The first-order chi connectivity index (χ1) is 10.9. The zero-order valence-corrected chi connectivity index (χ0v) is 13.5. The van der Waals surface area contributed by atoms with Crippen LogP contribution >= 0.6 is 0 Å². The summed E-state index contributed by atoms with van der Waals surface area (Å²) in [6.45, 7) is 1.90. The molecule has 1 heterocycles. The van der Waals surface area contributed by atoms with Crippen LogP contribution in [0.2, 0.25) is 0 Å². The van der Waals surface area contributed by atoms with Crippen molar-refractivity contribution in [1.29, 1.82) is 0 Å². The molecule has 118 valence electrons. The minimum atomic E-state index is -3.91. The standard InChI is InChI=1S/C17H15NO4S/c1-12-8-9-15-13(10-12)11-16(17(19)22-2)18(15)23(20,21)14-6-4-3-5-7-14/h3-11H,1-2H3. The fraction of sp³-hybridized carbons (Fsp3) is 0.118. The average molecular weight is 329 g/mol. The van der Waals surface area contributed by atoms with Crippen LogP contribution < -0.4 is 0 Å². The summed E-state index contributed by atoms with van der Waals surface area (Å²) in [5.74, 6) is -0.696. The molecule has 2 aromatic carbocycles. The van der Waals surface area contributed by atoms with Gasteiger partial charge >= 0.3 is 5.97 Å². The van der Waals surface area contributed by atoms with E-state index in [-0.39, 0.29) is 10.6 Å². The van der Waals surface area contributed by atoms with Gasteiger partial charge in [-0.25, -0.2) is 17.2 Å². The van der Waals surface area contributed by atoms with E-state index < -0.39 is 16.0 Å². The van der Waals surface area contributed by atoms with Crippen LogP contribution in [0.4, 0.5) is 0 Å². The van der Waals surface area contributed by atoms with E-state index in [1.807, 2.05) is 13.0 Å². The Balaban J connectivity index is 2.37. The molecule has 1 aromatic heterocycles. The van der Waals surface area contributed by atoms with Gasteiger partial charge in [-0.05, 0) is 37.3 Å². The maximum absolute atomic E-state index is 13.0. The number of carbonyl (C=O) groups is 1. The summed E-state index contributed by atoms with van der Waals surface area (Å²) in [7, 11) is -2.68. The van der Waals surface area contributed by atoms with Crippen LogP contribution in [-0.4, -0.2) is 25.5 Å². The molecular formula is C17H15NO4S. The lowest BCUT2D eigenvalue weighted by Gasteiger charge is -2.11. The lowest BCUT2D eigenvalue weighted by atomic mass is 10.2. The molecule has 0 aliphatic rings. The molecule has 0 radical (unpaired) electrons. The zero-order valence-electron chi connectivity index (χ0n) is 12.7. The van der Waals surface area contributed by atoms with Crippen LogP contribution in [0, 0.1) is 6.92 Å². The van der Waals surface area contributed by atoms with Gasteiger partial charge in [-0.1, -0.05) is 29.8 Å². The minimum Gasteiger partial charge on any atom is -0.464 e. The van der Waals surface area contributed by atoms with Crippen LogP contribution in [0.5, 0.6) is 0 Å². The van der Waals surface area contributed by atoms with E-state index in [1.54, 1.807) is 30.3 Å². The highest BCUT2D eigenvalue weighted by molar-refractivity contribution is 7.90. The molecule has 0 N–H and O–H groups in total. The van der Waals surface area contributed by atoms with Crippen LogP contribution in [0.1, 0.15) is 16.1 Å². The van der Waals surface area contributed by atoms with Gasteiger partial charge in [0.2, 0.25) is 0 Å². The number of hydrogen-bond donors (Lipinski definition) is 0. The highest BCUT2D eigenvalue weighted by atomic mass is 32.2. The molecule has 0 amide bonds. The molecule has 0 fully saturated rings. The van der Waals surface area contributed by atoms with Crippen molar-refractivity contribution in [2.24, 2.45) is 0 Å². The van der Waals surface area contributed by atoms with Crippen molar-refractivity contribution in [2.75, 3.05) is 7.11 Å². The number of rotatable bonds is 3. The molecule has 0 aliphatic heterocycles. The molecule has 0 bridgehead atoms. The fourth-order valence-corrected chi connectivity index (χ4v) is 4.04. The number of nitrogens with zero attached hydrogens (tertiary/aromatic N) is 1. The Morgan fingerprint density at radius 1 is 1.04 bits per heavy atom. The topological polar surface area (TPSA) is 65.4 Å². The molecule has 3 rings (SSSR count). The number of ether oxygens (including phenoxy) is 1. The second-order valence-corrected chi connectivity index (χ2v) is 6.95. The molecular weight excluding hydrogens is 314 g/mol. The smallest absolute Gasteiger partial charge is 0.355 e. The normalized spacial score (nSPS) is 11.6. The largest absolute Gasteiger partial charge is 0.464 e. The molecule has 5 nitrogen and oxygen atoms in total. The van der Waals surface area contributed by atoms with Crippen molar-refractivity contribution in [3.63, 3.8) is 0 Å². The van der Waals surface area contributed by atoms with E-state index in [0.29, 0.717) is 10.9 Å². The van der Waals surface area contributed by atoms with E-state index >= 15 is 0 Å². The van der Waals surface area contributed by atoms with Gasteiger partial charge < -0.3 is 4.74 Å². The summed E-state index contributed by atoms with van der Waals surface area (Å²) >= 11 is 0. The van der Waals surface area contributed by atoms with Gasteiger partial charge in [0.1, 0.15) is 5.69 Å². The lowest BCUT2D eigenvalue weighted by molar-refractivity contribution is 0.0593. The Morgan fingerprint density at radius 2 is 1.74 bits per heavy atom. The fourth-order valence-electron chi connectivity index (χ4n) is 2.51. The van der Waals surface area contributed by atoms with Gasteiger partial charge in [-0.3, -0.25) is 0 Å². The molecule has 0 saturated heterocycles. The molecule has 6 heteroatoms. The number of methoxy groups -OCH3 is 1. The van der Waals surface area contributed by atoms with E-state index in [1.165, 1.54) is 25.3 Å². The Morgan fingerprint density at radius 3 is 2.39 bits per heavy atom. The third kappa shape index (κ3) is 2.51. The number of aromatic nitrogens is 1. The summed E-state index contributed by atoms with van der Waals surface area (Å²) < 4.78 is 31.8. The monoisotopic (exact) mass is 329 g/mol. The Labute approximate surface area is 134 Å². The SMILES string of the molecule is COC(=O)c1cc2cc(C)ccc2n1S(=O)(=O)c1ccccc1. The number of benzene rings is 2. The predicted molar refractivity (Wildman–Crippen MR) is 87.0 cm³/mol. The van der Waals surface area contributed by atoms with Gasteiger partial charge in [-0.2, -0.15) is 0 Å². The maximum Gasteiger partial charge on any atom is 0.355 e. The Kier molecular flexibility index (Phi) is 3.69. The van der Waals surface area contributed by atoms with Crippen molar-refractivity contribution in [3.8, 4) is 0 Å². The third-order valence-electron chi connectivity index (χ3n) is 3.59. The number of aryl methyl sites for hydroxylation is 1. The molecule has 0 atom stereocenters. The summed E-state index contributed by atoms with van der Waals surface area (Å²) in [5, 5.41) is 0.671. The second kappa shape index (κ2) is 5.55. The van der Waals surface area contributed by atoms with Gasteiger partial charge in [0, 0.05) is 5.39 Å². The zero-order chi connectivity index (χ0) is 16.6. The van der Waals surface area contributed by atoms with Gasteiger partial charge in [0.05, 0.1) is 17.5 Å². The van der Waals surface area contributed by atoms with E-state index in [2.05, 4.69) is 0 Å². The van der Waals surface area contributed by atoms with Crippen molar-refractivity contribution >= 4 is 26.9 Å². The summed E-state index contributed by atoms with van der Waals surface area (Å²) in [6, 6.07) is 14.9. The average Bonchev–Trinajstić information content (AvgIpc) is 2.94. The van der Waals surface area contributed by atoms with Gasteiger partial charge in [-0.15, -0.1) is 0 Å². The second-order valence-electron chi connectivity index (χ2n) is 5.17. The van der Waals surface area contributed by atoms with Crippen molar-refractivity contribution in [2.45, 2.75) is 11.8 Å². The quantitative estimate of drug-likeness (QED) is 0.693. The van der Waals surface area contributed by atoms with Crippen molar-refractivity contribution < 1.29 is 17.9 Å². The first-order valence-electron chi connectivity index (χ1n) is 6.96. The van der Waals surface area contributed by atoms with Crippen LogP contribution in [0.3, 0.4) is 0 Å². The molecule has 23 heavy (non-hydrogen) atoms. The number of carbonyl (C=O) groups excluding carboxylic acids is 1. The predicted octanol–water partition coefficient (Wildman–Crippen LogP) is 2.97. The van der Waals surface area contributed by atoms with Crippen LogP contribution in [0.25, 0.3) is 10.9 Å². The third-order valence-corrected chi connectivity index (χ3v) is 5.33. The molecule has 0 unspecified atom stereocenters. The molecule has 3 aromatic rings. The van der Waals surface area contributed by atoms with Crippen LogP contribution in [0.15, 0.2) is 59.5 Å². The number of esters is 1. The molecule has 0 saturated carbocycles. The van der Waals surface area contributed by atoms with Crippen LogP contribution in [-0.2, 0) is 14.8 Å². The highest BCUT2D eigenvalue weighted by Crippen LogP contribution is 2.27. The van der Waals surface area contributed by atoms with E-state index in [4.69, 9.17) is 4.74 Å². The first kappa shape index (κ1) is 15.3. The first-order valence-corrected chi connectivity index (χ1v) is 8.40. The number of fused-ring (bicyclic) bond motifs is 1. The minimum absolute atomic E-state index is 0.0167. The van der Waals surface area contributed by atoms with E-state index in [0.717, 1.165) is 9.54 Å². The number of hydrogen-bond acceptors (Lipinski definition) is 4. The highest BCUT2D eigenvalue weighted by Gasteiger charge is 2.26. The van der Waals surface area contributed by atoms with Crippen molar-refractivity contribution in [3.05, 3.63) is 65.9 Å². The van der Waals surface area contributed by atoms with Gasteiger partial charge in [0.25, 0.3) is 10.0 Å². The Hall–Kier alpha value is -2.60.